The van der Waals surface area contributed by atoms with E-state index in [9.17, 15) is 14.3 Å². The Bertz CT molecular complexity index is 562. The number of hydrogen-bond donors (Lipinski definition) is 1. The number of aliphatic carboxylic acids is 1. The molecule has 0 spiro atoms. The minimum atomic E-state index is -0.867. The van der Waals surface area contributed by atoms with Gasteiger partial charge in [-0.15, -0.1) is 0 Å². The van der Waals surface area contributed by atoms with Gasteiger partial charge in [-0.25, -0.2) is 4.39 Å². The molecular weight excluding hydrogens is 309 g/mol. The number of halogens is 2. The maximum absolute atomic E-state index is 14.2. The van der Waals surface area contributed by atoms with Gasteiger partial charge in [0.05, 0.1) is 5.92 Å². The fourth-order valence-corrected chi connectivity index (χ4v) is 3.71. The van der Waals surface area contributed by atoms with Crippen molar-refractivity contribution >= 4 is 17.6 Å². The second-order valence-electron chi connectivity index (χ2n) is 6.01. The molecule has 0 amide bonds. The van der Waals surface area contributed by atoms with Crippen molar-refractivity contribution in [1.29, 1.82) is 0 Å². The third-order valence-corrected chi connectivity index (χ3v) is 4.97. The molecule has 0 aliphatic carbocycles. The van der Waals surface area contributed by atoms with E-state index in [1.54, 1.807) is 12.1 Å². The zero-order valence-electron chi connectivity index (χ0n) is 12.2. The van der Waals surface area contributed by atoms with Gasteiger partial charge in [-0.1, -0.05) is 17.7 Å². The lowest BCUT2D eigenvalue weighted by Crippen LogP contribution is -2.38. The zero-order valence-corrected chi connectivity index (χ0v) is 12.9. The Morgan fingerprint density at radius 1 is 1.32 bits per heavy atom. The molecule has 2 atom stereocenters. The van der Waals surface area contributed by atoms with E-state index in [0.29, 0.717) is 42.9 Å². The number of likely N-dealkylation sites (tertiary alicyclic amines) is 1. The molecule has 4 nitrogen and oxygen atoms in total. The van der Waals surface area contributed by atoms with E-state index in [1.807, 2.05) is 0 Å². The lowest BCUT2D eigenvalue weighted by molar-refractivity contribution is -0.141. The van der Waals surface area contributed by atoms with E-state index in [4.69, 9.17) is 16.3 Å². The maximum atomic E-state index is 14.2. The number of rotatable bonds is 3. The van der Waals surface area contributed by atoms with Crippen LogP contribution in [0.15, 0.2) is 18.2 Å². The average molecular weight is 328 g/mol. The fraction of sp³-hybridized carbons (Fsp3) is 0.562. The Kier molecular flexibility index (Phi) is 4.66. The number of ether oxygens (including phenoxy) is 1. The summed E-state index contributed by atoms with van der Waals surface area (Å²) in [5.41, 5.74) is 0.450. The van der Waals surface area contributed by atoms with E-state index in [2.05, 4.69) is 4.90 Å². The lowest BCUT2D eigenvalue weighted by atomic mass is 9.89. The lowest BCUT2D eigenvalue weighted by Gasteiger charge is -2.31. The Balaban J connectivity index is 1.83. The zero-order chi connectivity index (χ0) is 15.7. The molecule has 2 saturated heterocycles. The Hall–Kier alpha value is -1.17. The van der Waals surface area contributed by atoms with Gasteiger partial charge in [-0.3, -0.25) is 9.69 Å². The van der Waals surface area contributed by atoms with E-state index in [-0.39, 0.29) is 5.92 Å². The molecule has 6 heteroatoms. The van der Waals surface area contributed by atoms with Crippen LogP contribution in [0.3, 0.4) is 0 Å². The number of benzene rings is 1. The smallest absolute Gasteiger partial charge is 0.308 e. The van der Waals surface area contributed by atoms with Crippen molar-refractivity contribution in [1.82, 2.24) is 4.90 Å². The van der Waals surface area contributed by atoms with Crippen LogP contribution in [-0.2, 0) is 9.53 Å². The molecule has 0 aromatic heterocycles. The number of nitrogens with zero attached hydrogens (tertiary/aromatic N) is 1. The molecular formula is C16H19ClFNO3. The number of carboxylic acids is 1. The van der Waals surface area contributed by atoms with Gasteiger partial charge in [-0.2, -0.15) is 0 Å². The van der Waals surface area contributed by atoms with Crippen molar-refractivity contribution in [3.05, 3.63) is 34.6 Å². The van der Waals surface area contributed by atoms with Crippen molar-refractivity contribution in [2.45, 2.75) is 24.8 Å². The van der Waals surface area contributed by atoms with Crippen LogP contribution in [0.2, 0.25) is 5.02 Å². The summed E-state index contributed by atoms with van der Waals surface area (Å²) in [6.07, 6.45) is 1.81. The van der Waals surface area contributed by atoms with Crippen LogP contribution in [0.1, 0.15) is 24.3 Å². The van der Waals surface area contributed by atoms with E-state index in [1.165, 1.54) is 6.07 Å². The predicted octanol–water partition coefficient (Wildman–Crippen LogP) is 2.76. The summed E-state index contributed by atoms with van der Waals surface area (Å²) >= 11 is 5.79. The summed E-state index contributed by atoms with van der Waals surface area (Å²) in [6.45, 7) is 2.45. The van der Waals surface area contributed by atoms with E-state index < -0.39 is 17.7 Å². The first-order valence-electron chi connectivity index (χ1n) is 7.56. The molecule has 0 radical (unpaired) electrons. The highest BCUT2D eigenvalue weighted by atomic mass is 35.5. The van der Waals surface area contributed by atoms with Crippen molar-refractivity contribution in [2.75, 3.05) is 26.3 Å². The topological polar surface area (TPSA) is 49.8 Å². The van der Waals surface area contributed by atoms with Crippen LogP contribution in [0, 0.1) is 11.7 Å². The molecule has 120 valence electrons. The van der Waals surface area contributed by atoms with E-state index >= 15 is 0 Å². The first-order valence-corrected chi connectivity index (χ1v) is 7.93. The molecule has 1 aromatic rings. The minimum Gasteiger partial charge on any atom is -0.481 e. The number of hydrogen-bond acceptors (Lipinski definition) is 3. The van der Waals surface area contributed by atoms with Crippen LogP contribution in [0.25, 0.3) is 0 Å². The highest BCUT2D eigenvalue weighted by molar-refractivity contribution is 6.30. The standard InChI is InChI=1S/C16H19ClFNO3/c17-10-1-2-12(15(18)7-10)13-8-19(9-14(13)16(20)21)11-3-5-22-6-4-11/h1-2,7,11,13-14H,3-6,8-9H2,(H,20,21)/t13-,14?/m0/s1. The van der Waals surface area contributed by atoms with Gasteiger partial charge in [0.2, 0.25) is 0 Å². The molecule has 2 aliphatic rings. The summed E-state index contributed by atoms with van der Waals surface area (Å²) in [6, 6.07) is 4.82. The van der Waals surface area contributed by atoms with Gasteiger partial charge < -0.3 is 9.84 Å². The van der Waals surface area contributed by atoms with Crippen LogP contribution >= 0.6 is 11.6 Å². The van der Waals surface area contributed by atoms with Crippen LogP contribution in [-0.4, -0.2) is 48.3 Å². The third-order valence-electron chi connectivity index (χ3n) is 4.73. The first-order chi connectivity index (χ1) is 10.6. The van der Waals surface area contributed by atoms with Crippen LogP contribution < -0.4 is 0 Å². The van der Waals surface area contributed by atoms with Gasteiger partial charge in [0.25, 0.3) is 0 Å². The summed E-state index contributed by atoms with van der Waals surface area (Å²) in [5, 5.41) is 9.83. The molecule has 22 heavy (non-hydrogen) atoms. The van der Waals surface area contributed by atoms with Gasteiger partial charge in [0.15, 0.2) is 0 Å². The highest BCUT2D eigenvalue weighted by Crippen LogP contribution is 2.37. The monoisotopic (exact) mass is 327 g/mol. The summed E-state index contributed by atoms with van der Waals surface area (Å²) < 4.78 is 19.6. The average Bonchev–Trinajstić information content (AvgIpc) is 2.93. The molecule has 1 N–H and O–H groups in total. The normalized spacial score (nSPS) is 27.2. The van der Waals surface area contributed by atoms with Crippen molar-refractivity contribution in [3.63, 3.8) is 0 Å². The molecule has 2 fully saturated rings. The molecule has 2 heterocycles. The van der Waals surface area contributed by atoms with Gasteiger partial charge in [0.1, 0.15) is 5.82 Å². The van der Waals surface area contributed by atoms with Crippen LogP contribution in [0.4, 0.5) is 4.39 Å². The Labute approximate surface area is 133 Å². The fourth-order valence-electron chi connectivity index (χ4n) is 3.55. The molecule has 1 unspecified atom stereocenters. The van der Waals surface area contributed by atoms with Gasteiger partial charge >= 0.3 is 5.97 Å². The SMILES string of the molecule is O=C(O)C1CN(C2CCOCC2)C[C@H]1c1ccc(Cl)cc1F. The molecule has 2 aliphatic heterocycles. The summed E-state index contributed by atoms with van der Waals surface area (Å²) in [5.74, 6) is -2.21. The highest BCUT2D eigenvalue weighted by Gasteiger charge is 2.42. The molecule has 3 rings (SSSR count). The first kappa shape index (κ1) is 15.7. The van der Waals surface area contributed by atoms with E-state index in [0.717, 1.165) is 12.8 Å². The quantitative estimate of drug-likeness (QED) is 0.927. The molecule has 0 bridgehead atoms. The Morgan fingerprint density at radius 2 is 2.05 bits per heavy atom. The summed E-state index contributed by atoms with van der Waals surface area (Å²) in [4.78, 5) is 13.8. The van der Waals surface area contributed by atoms with Crippen molar-refractivity contribution in [2.24, 2.45) is 5.92 Å². The van der Waals surface area contributed by atoms with Gasteiger partial charge in [-0.05, 0) is 30.5 Å². The largest absolute Gasteiger partial charge is 0.481 e. The number of carboxylic acid groups (broad SMARTS) is 1. The predicted molar refractivity (Wildman–Crippen MR) is 80.7 cm³/mol. The van der Waals surface area contributed by atoms with Crippen LogP contribution in [0.5, 0.6) is 0 Å². The summed E-state index contributed by atoms with van der Waals surface area (Å²) in [7, 11) is 0. The number of carbonyl (C=O) groups is 1. The Morgan fingerprint density at radius 3 is 2.68 bits per heavy atom. The second-order valence-corrected chi connectivity index (χ2v) is 6.45. The second kappa shape index (κ2) is 6.52. The molecule has 0 saturated carbocycles. The maximum Gasteiger partial charge on any atom is 0.308 e. The van der Waals surface area contributed by atoms with Crippen molar-refractivity contribution in [3.8, 4) is 0 Å². The minimum absolute atomic E-state index is 0.326. The molecule has 1 aromatic carbocycles. The van der Waals surface area contributed by atoms with Crippen molar-refractivity contribution < 1.29 is 19.0 Å². The third kappa shape index (κ3) is 3.12. The van der Waals surface area contributed by atoms with Gasteiger partial charge in [0, 0.05) is 43.3 Å².